The van der Waals surface area contributed by atoms with Gasteiger partial charge in [-0.05, 0) is 6.42 Å². The maximum atomic E-state index is 10.7. The number of hydrogen-bond acceptors (Lipinski definition) is 6. The Morgan fingerprint density at radius 2 is 2.07 bits per heavy atom. The fourth-order valence-electron chi connectivity index (χ4n) is 0.577. The standard InChI is InChI=1S/C6H13NO6S/c8-4-1-2-6(9)13-7-3-5-14(10,11)12/h7-8H,1-5H2,(H,10,11,12). The van der Waals surface area contributed by atoms with Crippen LogP contribution in [0.5, 0.6) is 0 Å². The van der Waals surface area contributed by atoms with Gasteiger partial charge in [0.2, 0.25) is 0 Å². The van der Waals surface area contributed by atoms with Gasteiger partial charge in [-0.3, -0.25) is 9.35 Å². The molecule has 0 aliphatic heterocycles. The number of aliphatic hydroxyl groups excluding tert-OH is 1. The smallest absolute Gasteiger partial charge is 0.324 e. The molecular formula is C6H13NO6S. The molecule has 0 aliphatic carbocycles. The van der Waals surface area contributed by atoms with Crippen molar-refractivity contribution >= 4 is 16.1 Å². The zero-order chi connectivity index (χ0) is 11.0. The summed E-state index contributed by atoms with van der Waals surface area (Å²) in [6.07, 6.45) is 0.341. The van der Waals surface area contributed by atoms with Crippen molar-refractivity contribution in [2.45, 2.75) is 12.8 Å². The van der Waals surface area contributed by atoms with Crippen molar-refractivity contribution in [2.24, 2.45) is 0 Å². The summed E-state index contributed by atoms with van der Waals surface area (Å²) in [5.41, 5.74) is 2.08. The second kappa shape index (κ2) is 6.71. The maximum Gasteiger partial charge on any atom is 0.324 e. The molecule has 14 heavy (non-hydrogen) atoms. The third-order valence-corrected chi connectivity index (χ3v) is 1.91. The lowest BCUT2D eigenvalue weighted by atomic mass is 10.3. The first-order valence-electron chi connectivity index (χ1n) is 3.94. The van der Waals surface area contributed by atoms with Crippen molar-refractivity contribution in [2.75, 3.05) is 18.9 Å². The average Bonchev–Trinajstić information content (AvgIpc) is 2.07. The summed E-state index contributed by atoms with van der Waals surface area (Å²) >= 11 is 0. The molecule has 84 valence electrons. The fraction of sp³-hybridized carbons (Fsp3) is 0.833. The number of hydrogen-bond donors (Lipinski definition) is 3. The molecule has 0 aromatic carbocycles. The summed E-state index contributed by atoms with van der Waals surface area (Å²) < 4.78 is 28.7. The molecule has 0 saturated carbocycles. The van der Waals surface area contributed by atoms with Gasteiger partial charge < -0.3 is 9.94 Å². The number of carbonyl (C=O) groups is 1. The van der Waals surface area contributed by atoms with Crippen LogP contribution in [0, 0.1) is 0 Å². The van der Waals surface area contributed by atoms with Crippen LogP contribution in [0.15, 0.2) is 0 Å². The minimum Gasteiger partial charge on any atom is -0.396 e. The zero-order valence-electron chi connectivity index (χ0n) is 7.47. The van der Waals surface area contributed by atoms with E-state index in [1.807, 2.05) is 0 Å². The van der Waals surface area contributed by atoms with Crippen molar-refractivity contribution in [3.8, 4) is 0 Å². The summed E-state index contributed by atoms with van der Waals surface area (Å²) in [5.74, 6) is -1.12. The van der Waals surface area contributed by atoms with Crippen LogP contribution >= 0.6 is 0 Å². The summed E-state index contributed by atoms with van der Waals surface area (Å²) in [5, 5.41) is 8.35. The molecule has 0 atom stereocenters. The molecule has 0 heterocycles. The van der Waals surface area contributed by atoms with Gasteiger partial charge in [0, 0.05) is 19.6 Å². The van der Waals surface area contributed by atoms with E-state index in [-0.39, 0.29) is 19.6 Å². The zero-order valence-corrected chi connectivity index (χ0v) is 8.29. The average molecular weight is 227 g/mol. The van der Waals surface area contributed by atoms with E-state index in [1.54, 1.807) is 0 Å². The predicted molar refractivity (Wildman–Crippen MR) is 46.8 cm³/mol. The van der Waals surface area contributed by atoms with E-state index >= 15 is 0 Å². The summed E-state index contributed by atoms with van der Waals surface area (Å²) in [4.78, 5) is 15.1. The fourth-order valence-corrected chi connectivity index (χ4v) is 0.918. The molecule has 0 bridgehead atoms. The highest BCUT2D eigenvalue weighted by atomic mass is 32.2. The monoisotopic (exact) mass is 227 g/mol. The lowest BCUT2D eigenvalue weighted by molar-refractivity contribution is -0.151. The van der Waals surface area contributed by atoms with Crippen LogP contribution in [0.2, 0.25) is 0 Å². The van der Waals surface area contributed by atoms with Crippen LogP contribution in [0.3, 0.4) is 0 Å². The maximum absolute atomic E-state index is 10.7. The Kier molecular flexibility index (Phi) is 6.37. The third-order valence-electron chi connectivity index (χ3n) is 1.19. The number of nitrogens with one attached hydrogen (secondary N) is 1. The minimum absolute atomic E-state index is 0.0510. The van der Waals surface area contributed by atoms with E-state index in [2.05, 4.69) is 10.3 Å². The molecule has 0 fully saturated rings. The highest BCUT2D eigenvalue weighted by Crippen LogP contribution is 1.89. The van der Waals surface area contributed by atoms with E-state index < -0.39 is 21.8 Å². The lowest BCUT2D eigenvalue weighted by Crippen LogP contribution is -2.25. The van der Waals surface area contributed by atoms with Gasteiger partial charge in [0.25, 0.3) is 10.1 Å². The molecule has 0 aromatic rings. The Hall–Kier alpha value is -0.700. The van der Waals surface area contributed by atoms with Gasteiger partial charge in [-0.15, -0.1) is 0 Å². The number of hydroxylamine groups is 1. The number of aliphatic hydroxyl groups is 1. The molecule has 0 aromatic heterocycles. The number of carbonyl (C=O) groups excluding carboxylic acids is 1. The van der Waals surface area contributed by atoms with Crippen LogP contribution < -0.4 is 5.48 Å². The van der Waals surface area contributed by atoms with Crippen LogP contribution in [-0.4, -0.2) is 43.0 Å². The van der Waals surface area contributed by atoms with Crippen LogP contribution in [0.4, 0.5) is 0 Å². The van der Waals surface area contributed by atoms with Gasteiger partial charge in [-0.25, -0.2) is 0 Å². The van der Waals surface area contributed by atoms with E-state index in [0.29, 0.717) is 6.42 Å². The summed E-state index contributed by atoms with van der Waals surface area (Å²) in [6.45, 7) is -0.288. The predicted octanol–water partition coefficient (Wildman–Crippen LogP) is -1.31. The van der Waals surface area contributed by atoms with Crippen molar-refractivity contribution in [3.05, 3.63) is 0 Å². The molecule has 0 amide bonds. The van der Waals surface area contributed by atoms with Crippen LogP contribution in [-0.2, 0) is 19.8 Å². The van der Waals surface area contributed by atoms with Crippen molar-refractivity contribution < 1.29 is 27.7 Å². The Morgan fingerprint density at radius 1 is 1.43 bits per heavy atom. The summed E-state index contributed by atoms with van der Waals surface area (Å²) in [7, 11) is -4.03. The molecule has 3 N–H and O–H groups in total. The summed E-state index contributed by atoms with van der Waals surface area (Å²) in [6, 6.07) is 0. The quantitative estimate of drug-likeness (QED) is 0.281. The molecule has 0 saturated heterocycles. The molecule has 0 radical (unpaired) electrons. The lowest BCUT2D eigenvalue weighted by Gasteiger charge is -2.03. The SMILES string of the molecule is O=C(CCCO)ONCCS(=O)(=O)O. The molecule has 0 aliphatic rings. The van der Waals surface area contributed by atoms with Gasteiger partial charge in [0.05, 0.1) is 5.75 Å². The Balaban J connectivity index is 3.41. The minimum atomic E-state index is -4.03. The van der Waals surface area contributed by atoms with Crippen molar-refractivity contribution in [3.63, 3.8) is 0 Å². The first-order valence-corrected chi connectivity index (χ1v) is 5.55. The second-order valence-electron chi connectivity index (χ2n) is 2.48. The number of rotatable bonds is 7. The van der Waals surface area contributed by atoms with E-state index in [0.717, 1.165) is 0 Å². The van der Waals surface area contributed by atoms with E-state index in [4.69, 9.17) is 9.66 Å². The van der Waals surface area contributed by atoms with Gasteiger partial charge >= 0.3 is 5.97 Å². The third kappa shape index (κ3) is 9.39. The first-order chi connectivity index (χ1) is 6.45. The van der Waals surface area contributed by atoms with Crippen LogP contribution in [0.25, 0.3) is 0 Å². The van der Waals surface area contributed by atoms with Gasteiger partial charge in [-0.1, -0.05) is 0 Å². The van der Waals surface area contributed by atoms with Gasteiger partial charge in [-0.2, -0.15) is 13.9 Å². The van der Waals surface area contributed by atoms with Crippen molar-refractivity contribution in [1.82, 2.24) is 5.48 Å². The van der Waals surface area contributed by atoms with Gasteiger partial charge in [0.1, 0.15) is 0 Å². The van der Waals surface area contributed by atoms with Crippen LogP contribution in [0.1, 0.15) is 12.8 Å². The topological polar surface area (TPSA) is 113 Å². The largest absolute Gasteiger partial charge is 0.396 e. The van der Waals surface area contributed by atoms with Crippen molar-refractivity contribution in [1.29, 1.82) is 0 Å². The normalized spacial score (nSPS) is 11.3. The highest BCUT2D eigenvalue weighted by molar-refractivity contribution is 7.85. The Morgan fingerprint density at radius 3 is 2.57 bits per heavy atom. The van der Waals surface area contributed by atoms with E-state index in [9.17, 15) is 13.2 Å². The molecule has 8 heteroatoms. The molecule has 0 spiro atoms. The molecule has 0 rings (SSSR count). The Bertz CT molecular complexity index is 261. The Labute approximate surface area is 81.8 Å². The second-order valence-corrected chi connectivity index (χ2v) is 4.05. The molecule has 0 unspecified atom stereocenters. The highest BCUT2D eigenvalue weighted by Gasteiger charge is 2.05. The molecular weight excluding hydrogens is 214 g/mol. The first kappa shape index (κ1) is 13.3. The van der Waals surface area contributed by atoms with E-state index in [1.165, 1.54) is 0 Å². The van der Waals surface area contributed by atoms with Gasteiger partial charge in [0.15, 0.2) is 0 Å². The molecule has 7 nitrogen and oxygen atoms in total.